The maximum Gasteiger partial charge on any atom is 0.317 e. The molecule has 1 N–H and O–H groups in total. The Balaban J connectivity index is 1.68. The van der Waals surface area contributed by atoms with Gasteiger partial charge in [0.2, 0.25) is 5.91 Å². The van der Waals surface area contributed by atoms with Crippen molar-refractivity contribution in [1.29, 1.82) is 0 Å². The lowest BCUT2D eigenvalue weighted by molar-refractivity contribution is -0.132. The topological polar surface area (TPSA) is 52.7 Å². The molecule has 0 spiro atoms. The molecule has 0 unspecified atom stereocenters. The molecule has 1 aromatic carbocycles. The summed E-state index contributed by atoms with van der Waals surface area (Å²) in [6, 6.07) is 6.21. The number of thioether (sulfide) groups is 1. The zero-order chi connectivity index (χ0) is 16.7. The fourth-order valence-corrected chi connectivity index (χ4v) is 3.21. The number of benzene rings is 1. The number of carbonyl (C=O) groups is 2. The second-order valence-corrected chi connectivity index (χ2v) is 6.42. The third-order valence-corrected chi connectivity index (χ3v) is 4.66. The van der Waals surface area contributed by atoms with Gasteiger partial charge < -0.3 is 15.1 Å². The molecule has 1 aromatic rings. The van der Waals surface area contributed by atoms with Gasteiger partial charge in [0.05, 0.1) is 0 Å². The van der Waals surface area contributed by atoms with E-state index in [2.05, 4.69) is 5.32 Å². The number of urea groups is 1. The van der Waals surface area contributed by atoms with Crippen LogP contribution in [0.1, 0.15) is 13.3 Å². The smallest absolute Gasteiger partial charge is 0.317 e. The van der Waals surface area contributed by atoms with Crippen LogP contribution in [0.4, 0.5) is 9.18 Å². The molecule has 1 aliphatic rings. The summed E-state index contributed by atoms with van der Waals surface area (Å²) in [4.78, 5) is 28.4. The van der Waals surface area contributed by atoms with E-state index >= 15 is 0 Å². The lowest BCUT2D eigenvalue weighted by atomic mass is 10.3. The van der Waals surface area contributed by atoms with Gasteiger partial charge in [-0.2, -0.15) is 0 Å². The molecular weight excluding hydrogens is 317 g/mol. The Morgan fingerprint density at radius 2 is 1.74 bits per heavy atom. The van der Waals surface area contributed by atoms with Gasteiger partial charge in [0, 0.05) is 49.8 Å². The molecule has 1 heterocycles. The molecule has 5 nitrogen and oxygen atoms in total. The second kappa shape index (κ2) is 8.76. The molecule has 0 atom stereocenters. The van der Waals surface area contributed by atoms with Crippen molar-refractivity contribution in [3.05, 3.63) is 30.1 Å². The lowest BCUT2D eigenvalue weighted by Gasteiger charge is -2.34. The molecule has 0 aliphatic carbocycles. The van der Waals surface area contributed by atoms with Crippen molar-refractivity contribution >= 4 is 23.7 Å². The van der Waals surface area contributed by atoms with E-state index in [0.29, 0.717) is 44.9 Å². The average molecular weight is 339 g/mol. The van der Waals surface area contributed by atoms with Crippen molar-refractivity contribution in [2.45, 2.75) is 18.2 Å². The van der Waals surface area contributed by atoms with Gasteiger partial charge >= 0.3 is 6.03 Å². The molecular formula is C16H22FN3O2S. The molecule has 1 aliphatic heterocycles. The predicted molar refractivity (Wildman–Crippen MR) is 89.0 cm³/mol. The van der Waals surface area contributed by atoms with Gasteiger partial charge in [-0.15, -0.1) is 11.8 Å². The normalized spacial score (nSPS) is 14.7. The first-order valence-corrected chi connectivity index (χ1v) is 8.77. The fraction of sp³-hybridized carbons (Fsp3) is 0.500. The highest BCUT2D eigenvalue weighted by Crippen LogP contribution is 2.19. The lowest BCUT2D eigenvalue weighted by Crippen LogP contribution is -2.53. The Kier molecular flexibility index (Phi) is 6.70. The molecule has 126 valence electrons. The quantitative estimate of drug-likeness (QED) is 0.837. The summed E-state index contributed by atoms with van der Waals surface area (Å²) in [5.74, 6) is 0.520. The van der Waals surface area contributed by atoms with Gasteiger partial charge in [-0.05, 0) is 31.2 Å². The first kappa shape index (κ1) is 17.6. The number of nitrogens with zero attached hydrogens (tertiary/aromatic N) is 2. The molecule has 0 saturated carbocycles. The third-order valence-electron chi connectivity index (χ3n) is 3.65. The summed E-state index contributed by atoms with van der Waals surface area (Å²) in [7, 11) is 0. The van der Waals surface area contributed by atoms with E-state index in [4.69, 9.17) is 0 Å². The Labute approximate surface area is 140 Å². The number of halogens is 1. The Hall–Kier alpha value is -1.76. The van der Waals surface area contributed by atoms with Crippen LogP contribution in [0.5, 0.6) is 0 Å². The maximum atomic E-state index is 12.8. The molecule has 0 bridgehead atoms. The van der Waals surface area contributed by atoms with Crippen molar-refractivity contribution in [2.24, 2.45) is 0 Å². The summed E-state index contributed by atoms with van der Waals surface area (Å²) in [5.41, 5.74) is 0. The van der Waals surface area contributed by atoms with Crippen LogP contribution >= 0.6 is 11.8 Å². The van der Waals surface area contributed by atoms with Gasteiger partial charge in [-0.25, -0.2) is 9.18 Å². The van der Waals surface area contributed by atoms with Crippen LogP contribution in [0.2, 0.25) is 0 Å². The van der Waals surface area contributed by atoms with Crippen LogP contribution in [-0.2, 0) is 4.79 Å². The zero-order valence-electron chi connectivity index (χ0n) is 13.3. The Bertz CT molecular complexity index is 531. The Morgan fingerprint density at radius 3 is 2.35 bits per heavy atom. The molecule has 23 heavy (non-hydrogen) atoms. The zero-order valence-corrected chi connectivity index (χ0v) is 14.1. The number of hydrogen-bond acceptors (Lipinski definition) is 3. The van der Waals surface area contributed by atoms with E-state index in [9.17, 15) is 14.0 Å². The van der Waals surface area contributed by atoms with Gasteiger partial charge in [0.15, 0.2) is 0 Å². The molecule has 7 heteroatoms. The van der Waals surface area contributed by atoms with E-state index in [-0.39, 0.29) is 17.8 Å². The summed E-state index contributed by atoms with van der Waals surface area (Å²) < 4.78 is 12.8. The molecule has 0 aromatic heterocycles. The number of carbonyl (C=O) groups excluding carboxylic acids is 2. The van der Waals surface area contributed by atoms with Crippen molar-refractivity contribution < 1.29 is 14.0 Å². The minimum absolute atomic E-state index is 0.0635. The van der Waals surface area contributed by atoms with Crippen LogP contribution in [0.3, 0.4) is 0 Å². The average Bonchev–Trinajstić information content (AvgIpc) is 2.57. The molecule has 0 radical (unpaired) electrons. The van der Waals surface area contributed by atoms with Crippen molar-refractivity contribution in [2.75, 3.05) is 38.5 Å². The van der Waals surface area contributed by atoms with Crippen LogP contribution in [0.25, 0.3) is 0 Å². The highest BCUT2D eigenvalue weighted by atomic mass is 32.2. The van der Waals surface area contributed by atoms with Crippen molar-refractivity contribution in [1.82, 2.24) is 15.1 Å². The van der Waals surface area contributed by atoms with E-state index in [0.717, 1.165) is 4.90 Å². The minimum atomic E-state index is -0.254. The second-order valence-electron chi connectivity index (χ2n) is 5.26. The first-order chi connectivity index (χ1) is 11.1. The number of nitrogens with one attached hydrogen (secondary N) is 1. The number of piperazine rings is 1. The van der Waals surface area contributed by atoms with Crippen molar-refractivity contribution in [3.63, 3.8) is 0 Å². The highest BCUT2D eigenvalue weighted by Gasteiger charge is 2.23. The summed E-state index contributed by atoms with van der Waals surface area (Å²) in [6.07, 6.45) is 0.448. The van der Waals surface area contributed by atoms with Gasteiger partial charge in [0.1, 0.15) is 5.82 Å². The maximum absolute atomic E-state index is 12.8. The summed E-state index contributed by atoms with van der Waals surface area (Å²) >= 11 is 1.54. The standard InChI is InChI=1S/C16H22FN3O2S/c1-2-18-16(22)20-10-8-19(9-11-20)15(21)7-12-23-14-5-3-13(17)4-6-14/h3-6H,2,7-12H2,1H3,(H,18,22). The SMILES string of the molecule is CCNC(=O)N1CCN(C(=O)CCSc2ccc(F)cc2)CC1. The van der Waals surface area contributed by atoms with E-state index in [1.165, 1.54) is 12.1 Å². The van der Waals surface area contributed by atoms with E-state index in [1.54, 1.807) is 33.7 Å². The van der Waals surface area contributed by atoms with Crippen LogP contribution in [0, 0.1) is 5.82 Å². The predicted octanol–water partition coefficient (Wildman–Crippen LogP) is 2.18. The monoisotopic (exact) mass is 339 g/mol. The fourth-order valence-electron chi connectivity index (χ4n) is 2.37. The minimum Gasteiger partial charge on any atom is -0.339 e. The van der Waals surface area contributed by atoms with E-state index in [1.807, 2.05) is 6.92 Å². The van der Waals surface area contributed by atoms with Crippen molar-refractivity contribution in [3.8, 4) is 0 Å². The van der Waals surface area contributed by atoms with Crippen LogP contribution < -0.4 is 5.32 Å². The number of hydrogen-bond donors (Lipinski definition) is 1. The van der Waals surface area contributed by atoms with Crippen LogP contribution in [0.15, 0.2) is 29.2 Å². The molecule has 1 saturated heterocycles. The number of amides is 3. The van der Waals surface area contributed by atoms with E-state index < -0.39 is 0 Å². The summed E-state index contributed by atoms with van der Waals surface area (Å²) in [5, 5.41) is 2.77. The third kappa shape index (κ3) is 5.42. The number of rotatable bonds is 5. The molecule has 3 amide bonds. The van der Waals surface area contributed by atoms with Gasteiger partial charge in [0.25, 0.3) is 0 Å². The van der Waals surface area contributed by atoms with Gasteiger partial charge in [-0.3, -0.25) is 4.79 Å². The molecule has 2 rings (SSSR count). The largest absolute Gasteiger partial charge is 0.339 e. The summed E-state index contributed by atoms with van der Waals surface area (Å²) in [6.45, 7) is 4.80. The Morgan fingerprint density at radius 1 is 1.13 bits per heavy atom. The highest BCUT2D eigenvalue weighted by molar-refractivity contribution is 7.99. The molecule has 1 fully saturated rings. The van der Waals surface area contributed by atoms with Crippen LogP contribution in [-0.4, -0.2) is 60.2 Å². The van der Waals surface area contributed by atoms with Gasteiger partial charge in [-0.1, -0.05) is 0 Å². The first-order valence-electron chi connectivity index (χ1n) is 7.79.